The first-order valence-corrected chi connectivity index (χ1v) is 12.7. The molecule has 2 N–H and O–H groups in total. The van der Waals surface area contributed by atoms with E-state index in [1.807, 2.05) is 44.1 Å². The zero-order valence-electron chi connectivity index (χ0n) is 21.4. The summed E-state index contributed by atoms with van der Waals surface area (Å²) in [6.07, 6.45) is -1.58. The summed E-state index contributed by atoms with van der Waals surface area (Å²) in [6.45, 7) is 4.57. The first kappa shape index (κ1) is 24.7. The molecule has 11 heteroatoms. The Labute approximate surface area is 218 Å². The van der Waals surface area contributed by atoms with Gasteiger partial charge in [-0.15, -0.1) is 10.2 Å². The van der Waals surface area contributed by atoms with Gasteiger partial charge in [0.15, 0.2) is 11.5 Å². The topological polar surface area (TPSA) is 87.9 Å². The maximum Gasteiger partial charge on any atom is 0.408 e. The second-order valence-electron chi connectivity index (χ2n) is 10.4. The molecule has 8 nitrogen and oxygen atoms in total. The summed E-state index contributed by atoms with van der Waals surface area (Å²) >= 11 is 0. The van der Waals surface area contributed by atoms with Crippen LogP contribution in [0.15, 0.2) is 47.7 Å². The number of aryl methyl sites for hydroxylation is 1. The van der Waals surface area contributed by atoms with Gasteiger partial charge in [0.1, 0.15) is 11.7 Å². The molecule has 3 aromatic heterocycles. The fourth-order valence-electron chi connectivity index (χ4n) is 5.83. The van der Waals surface area contributed by atoms with Gasteiger partial charge in [0.2, 0.25) is 0 Å². The van der Waals surface area contributed by atoms with Crippen LogP contribution in [0.2, 0.25) is 0 Å². The van der Waals surface area contributed by atoms with Crippen LogP contribution in [0.4, 0.5) is 13.2 Å². The van der Waals surface area contributed by atoms with Crippen molar-refractivity contribution in [2.24, 2.45) is 10.8 Å². The lowest BCUT2D eigenvalue weighted by Crippen LogP contribution is -2.38. The minimum absolute atomic E-state index is 0.124. The largest absolute Gasteiger partial charge is 0.408 e. The quantitative estimate of drug-likeness (QED) is 0.420. The average Bonchev–Trinajstić information content (AvgIpc) is 3.56. The van der Waals surface area contributed by atoms with E-state index in [0.717, 1.165) is 34.2 Å². The number of nitrogens with zero attached hydrogens (tertiary/aromatic N) is 7. The molecule has 1 fully saturated rings. The molecule has 1 unspecified atom stereocenters. The number of nitrogens with two attached hydrogens (primary N) is 1. The number of halogens is 3. The normalized spacial score (nSPS) is 21.6. The Morgan fingerprint density at radius 3 is 2.53 bits per heavy atom. The summed E-state index contributed by atoms with van der Waals surface area (Å²) in [7, 11) is 1.97. The van der Waals surface area contributed by atoms with Crippen LogP contribution in [-0.4, -0.2) is 67.6 Å². The number of hydrogen-bond donors (Lipinski definition) is 1. The van der Waals surface area contributed by atoms with Crippen molar-refractivity contribution in [3.63, 3.8) is 0 Å². The number of hydrogen-bond acceptors (Lipinski definition) is 7. The molecule has 3 atom stereocenters. The molecule has 198 valence electrons. The van der Waals surface area contributed by atoms with Gasteiger partial charge < -0.3 is 5.73 Å². The molecule has 4 aromatic rings. The minimum Gasteiger partial charge on any atom is -0.326 e. The van der Waals surface area contributed by atoms with Crippen molar-refractivity contribution < 1.29 is 13.2 Å². The van der Waals surface area contributed by atoms with Gasteiger partial charge in [-0.2, -0.15) is 18.3 Å². The SMILES string of the molecule is CC1=NN(C)C(c2ccc3ccc(-c4nnc5ccc([C@@H](N6CC[C@H](N)C6)C(F)(F)F)cn45)nc3c2C)C1. The lowest BCUT2D eigenvalue weighted by atomic mass is 9.95. The van der Waals surface area contributed by atoms with Crippen molar-refractivity contribution >= 4 is 22.3 Å². The molecule has 1 aromatic carbocycles. The Kier molecular flexibility index (Phi) is 5.88. The molecule has 1 saturated heterocycles. The standard InChI is InChI=1S/C27H29F3N8/c1-15-12-22(36(3)35-15)20-7-4-17-5-8-21(32-24(17)16(20)2)26-34-33-23-9-6-18(13-38(23)26)25(27(28,29)30)37-11-10-19(31)14-37/h4-9,13,19,22,25H,10-12,14,31H2,1-3H3/t19-,22?,25+/m0/s1. The Morgan fingerprint density at radius 1 is 1.05 bits per heavy atom. The number of fused-ring (bicyclic) bond motifs is 2. The van der Waals surface area contributed by atoms with Crippen LogP contribution >= 0.6 is 0 Å². The zero-order chi connectivity index (χ0) is 26.8. The fourth-order valence-corrected chi connectivity index (χ4v) is 5.83. The Hall–Kier alpha value is -3.57. The van der Waals surface area contributed by atoms with E-state index in [1.54, 1.807) is 10.5 Å². The highest BCUT2D eigenvalue weighted by Gasteiger charge is 2.46. The second kappa shape index (κ2) is 9.02. The zero-order valence-corrected chi connectivity index (χ0v) is 21.4. The van der Waals surface area contributed by atoms with E-state index in [2.05, 4.69) is 21.4 Å². The van der Waals surface area contributed by atoms with Crippen molar-refractivity contribution in [2.45, 2.75) is 51.0 Å². The summed E-state index contributed by atoms with van der Waals surface area (Å²) in [6, 6.07) is 9.14. The molecule has 5 heterocycles. The van der Waals surface area contributed by atoms with Gasteiger partial charge in [0.25, 0.3) is 0 Å². The van der Waals surface area contributed by atoms with Crippen molar-refractivity contribution in [3.05, 3.63) is 59.3 Å². The molecular formula is C27H29F3N8. The lowest BCUT2D eigenvalue weighted by molar-refractivity contribution is -0.183. The number of likely N-dealkylation sites (tertiary alicyclic amines) is 1. The summed E-state index contributed by atoms with van der Waals surface area (Å²) < 4.78 is 44.3. The summed E-state index contributed by atoms with van der Waals surface area (Å²) in [5, 5.41) is 16.0. The van der Waals surface area contributed by atoms with Gasteiger partial charge in [-0.05, 0) is 49.1 Å². The number of alkyl halides is 3. The Bertz CT molecular complexity index is 1560. The van der Waals surface area contributed by atoms with E-state index >= 15 is 0 Å². The van der Waals surface area contributed by atoms with Crippen LogP contribution in [0.25, 0.3) is 28.1 Å². The van der Waals surface area contributed by atoms with Crippen LogP contribution in [0.1, 0.15) is 48.5 Å². The fraction of sp³-hybridized carbons (Fsp3) is 0.407. The van der Waals surface area contributed by atoms with E-state index in [9.17, 15) is 13.2 Å². The number of aromatic nitrogens is 4. The molecule has 2 aliphatic rings. The van der Waals surface area contributed by atoms with Crippen molar-refractivity contribution in [2.75, 3.05) is 20.1 Å². The molecule has 0 amide bonds. The number of pyridine rings is 2. The minimum atomic E-state index is -4.45. The maximum atomic E-state index is 14.2. The smallest absolute Gasteiger partial charge is 0.326 e. The van der Waals surface area contributed by atoms with Crippen molar-refractivity contribution in [1.82, 2.24) is 29.5 Å². The van der Waals surface area contributed by atoms with Crippen LogP contribution in [-0.2, 0) is 0 Å². The highest BCUT2D eigenvalue weighted by atomic mass is 19.4. The van der Waals surface area contributed by atoms with Gasteiger partial charge in [-0.25, -0.2) is 4.98 Å². The third-order valence-electron chi connectivity index (χ3n) is 7.69. The third kappa shape index (κ3) is 4.19. The highest BCUT2D eigenvalue weighted by Crippen LogP contribution is 2.40. The van der Waals surface area contributed by atoms with E-state index in [-0.39, 0.29) is 24.2 Å². The maximum absolute atomic E-state index is 14.2. The summed E-state index contributed by atoms with van der Waals surface area (Å²) in [5.41, 5.74) is 11.1. The molecule has 0 aliphatic carbocycles. The van der Waals surface area contributed by atoms with Gasteiger partial charge in [-0.3, -0.25) is 14.3 Å². The monoisotopic (exact) mass is 522 g/mol. The molecule has 6 rings (SSSR count). The number of hydrazone groups is 1. The van der Waals surface area contributed by atoms with Crippen LogP contribution in [0, 0.1) is 6.92 Å². The van der Waals surface area contributed by atoms with Gasteiger partial charge >= 0.3 is 6.18 Å². The van der Waals surface area contributed by atoms with E-state index in [1.165, 1.54) is 17.2 Å². The molecule has 0 radical (unpaired) electrons. The highest BCUT2D eigenvalue weighted by molar-refractivity contribution is 5.87. The van der Waals surface area contributed by atoms with Crippen LogP contribution in [0.5, 0.6) is 0 Å². The number of rotatable bonds is 4. The molecule has 0 spiro atoms. The second-order valence-corrected chi connectivity index (χ2v) is 10.4. The predicted octanol–water partition coefficient (Wildman–Crippen LogP) is 4.64. The van der Waals surface area contributed by atoms with Gasteiger partial charge in [0.05, 0.1) is 11.6 Å². The Balaban J connectivity index is 1.43. The molecular weight excluding hydrogens is 493 g/mol. The van der Waals surface area contributed by atoms with Gasteiger partial charge in [0, 0.05) is 49.9 Å². The van der Waals surface area contributed by atoms with Gasteiger partial charge in [-0.1, -0.05) is 24.3 Å². The molecule has 0 saturated carbocycles. The van der Waals surface area contributed by atoms with Crippen LogP contribution in [0.3, 0.4) is 0 Å². The lowest BCUT2D eigenvalue weighted by Gasteiger charge is -2.30. The number of benzene rings is 1. The summed E-state index contributed by atoms with van der Waals surface area (Å²) in [4.78, 5) is 6.33. The Morgan fingerprint density at radius 2 is 1.84 bits per heavy atom. The van der Waals surface area contributed by atoms with Crippen molar-refractivity contribution in [1.29, 1.82) is 0 Å². The van der Waals surface area contributed by atoms with E-state index in [0.29, 0.717) is 30.1 Å². The first-order chi connectivity index (χ1) is 18.1. The molecule has 0 bridgehead atoms. The summed E-state index contributed by atoms with van der Waals surface area (Å²) in [5.74, 6) is 0.393. The average molecular weight is 523 g/mol. The van der Waals surface area contributed by atoms with E-state index in [4.69, 9.17) is 10.7 Å². The first-order valence-electron chi connectivity index (χ1n) is 12.7. The third-order valence-corrected chi connectivity index (χ3v) is 7.69. The van der Waals surface area contributed by atoms with E-state index < -0.39 is 12.2 Å². The molecule has 2 aliphatic heterocycles. The van der Waals surface area contributed by atoms with Crippen molar-refractivity contribution in [3.8, 4) is 11.5 Å². The molecule has 38 heavy (non-hydrogen) atoms. The van der Waals surface area contributed by atoms with Crippen LogP contribution < -0.4 is 5.73 Å². The predicted molar refractivity (Wildman–Crippen MR) is 140 cm³/mol.